The van der Waals surface area contributed by atoms with Crippen molar-refractivity contribution >= 4 is 5.91 Å². The minimum absolute atomic E-state index is 0.00847. The van der Waals surface area contributed by atoms with Crippen molar-refractivity contribution in [1.29, 1.82) is 0 Å². The summed E-state index contributed by atoms with van der Waals surface area (Å²) in [5, 5.41) is 0. The van der Waals surface area contributed by atoms with Crippen LogP contribution in [0.2, 0.25) is 0 Å². The average molecular weight is 310 g/mol. The van der Waals surface area contributed by atoms with Crippen molar-refractivity contribution in [3.63, 3.8) is 0 Å². The Labute approximate surface area is 134 Å². The molecule has 1 fully saturated rings. The second kappa shape index (κ2) is 5.91. The number of nitrogens with zero attached hydrogens (tertiary/aromatic N) is 2. The summed E-state index contributed by atoms with van der Waals surface area (Å²) in [6, 6.07) is 11.6. The highest BCUT2D eigenvalue weighted by Gasteiger charge is 2.38. The van der Waals surface area contributed by atoms with E-state index in [0.29, 0.717) is 24.1 Å². The number of carbonyl (C=O) groups excluding carboxylic acids is 1. The summed E-state index contributed by atoms with van der Waals surface area (Å²) in [6.45, 7) is 0.824. The fraction of sp³-hybridized carbons (Fsp3) is 0.333. The summed E-state index contributed by atoms with van der Waals surface area (Å²) in [5.41, 5.74) is 1.03. The van der Waals surface area contributed by atoms with Gasteiger partial charge in [0, 0.05) is 25.0 Å². The molecule has 0 saturated heterocycles. The van der Waals surface area contributed by atoms with Gasteiger partial charge in [0.05, 0.1) is 0 Å². The standard InChI is InChI=1S/C18H18N2O3/c21-18(17-12-22-15-5-1-2-6-16(15)23-17)20(14-7-8-14)11-13-4-3-9-19-10-13/h1-6,9-10,14,17H,7-8,11-12H2. The van der Waals surface area contributed by atoms with Crippen molar-refractivity contribution in [3.8, 4) is 11.5 Å². The normalized spacial score (nSPS) is 19.2. The molecule has 1 aromatic heterocycles. The van der Waals surface area contributed by atoms with Gasteiger partial charge in [0.2, 0.25) is 6.10 Å². The van der Waals surface area contributed by atoms with Crippen molar-refractivity contribution in [2.45, 2.75) is 31.5 Å². The highest BCUT2D eigenvalue weighted by molar-refractivity contribution is 5.82. The highest BCUT2D eigenvalue weighted by atomic mass is 16.6. The lowest BCUT2D eigenvalue weighted by Gasteiger charge is -2.31. The molecular formula is C18H18N2O3. The summed E-state index contributed by atoms with van der Waals surface area (Å²) in [5.74, 6) is 1.32. The van der Waals surface area contributed by atoms with Crippen LogP contribution in [0.25, 0.3) is 0 Å². The molecule has 1 aliphatic heterocycles. The van der Waals surface area contributed by atoms with Crippen molar-refractivity contribution in [3.05, 3.63) is 54.4 Å². The van der Waals surface area contributed by atoms with Gasteiger partial charge >= 0.3 is 0 Å². The third kappa shape index (κ3) is 2.99. The lowest BCUT2D eigenvalue weighted by molar-refractivity contribution is -0.142. The van der Waals surface area contributed by atoms with Gasteiger partial charge in [-0.2, -0.15) is 0 Å². The predicted molar refractivity (Wildman–Crippen MR) is 84.2 cm³/mol. The smallest absolute Gasteiger partial charge is 0.267 e. The van der Waals surface area contributed by atoms with Crippen LogP contribution in [-0.4, -0.2) is 34.5 Å². The lowest BCUT2D eigenvalue weighted by Crippen LogP contribution is -2.47. The number of ether oxygens (including phenoxy) is 2. The Morgan fingerprint density at radius 3 is 2.74 bits per heavy atom. The summed E-state index contributed by atoms with van der Waals surface area (Å²) >= 11 is 0. The van der Waals surface area contributed by atoms with Crippen LogP contribution >= 0.6 is 0 Å². The predicted octanol–water partition coefficient (Wildman–Crippen LogP) is 2.41. The van der Waals surface area contributed by atoms with E-state index in [9.17, 15) is 4.79 Å². The third-order valence-corrected chi connectivity index (χ3v) is 4.13. The Bertz CT molecular complexity index is 700. The number of rotatable bonds is 4. The molecule has 1 saturated carbocycles. The summed E-state index contributed by atoms with van der Waals surface area (Å²) in [7, 11) is 0. The molecule has 2 aliphatic rings. The maximum Gasteiger partial charge on any atom is 0.267 e. The van der Waals surface area contributed by atoms with E-state index in [1.165, 1.54) is 0 Å². The van der Waals surface area contributed by atoms with Gasteiger partial charge in [0.15, 0.2) is 11.5 Å². The zero-order valence-corrected chi connectivity index (χ0v) is 12.7. The summed E-state index contributed by atoms with van der Waals surface area (Å²) in [6.07, 6.45) is 5.06. The molecule has 1 atom stereocenters. The van der Waals surface area contributed by atoms with E-state index in [4.69, 9.17) is 9.47 Å². The first kappa shape index (κ1) is 14.1. The molecular weight excluding hydrogens is 292 g/mol. The molecule has 0 spiro atoms. The van der Waals surface area contributed by atoms with Crippen LogP contribution in [0.5, 0.6) is 11.5 Å². The molecule has 5 nitrogen and oxygen atoms in total. The van der Waals surface area contributed by atoms with Gasteiger partial charge in [-0.1, -0.05) is 18.2 Å². The Morgan fingerprint density at radius 2 is 2.00 bits per heavy atom. The number of hydrogen-bond donors (Lipinski definition) is 0. The van der Waals surface area contributed by atoms with E-state index in [-0.39, 0.29) is 12.5 Å². The van der Waals surface area contributed by atoms with Gasteiger partial charge in [-0.15, -0.1) is 0 Å². The number of aromatic nitrogens is 1. The molecule has 1 unspecified atom stereocenters. The summed E-state index contributed by atoms with van der Waals surface area (Å²) < 4.78 is 11.5. The molecule has 4 rings (SSSR count). The first-order valence-corrected chi connectivity index (χ1v) is 7.89. The molecule has 23 heavy (non-hydrogen) atoms. The minimum atomic E-state index is -0.581. The second-order valence-electron chi connectivity index (χ2n) is 5.92. The first-order chi connectivity index (χ1) is 11.3. The molecule has 0 N–H and O–H groups in total. The van der Waals surface area contributed by atoms with Crippen molar-refractivity contribution < 1.29 is 14.3 Å². The molecule has 1 amide bonds. The molecule has 1 aliphatic carbocycles. The number of benzene rings is 1. The van der Waals surface area contributed by atoms with Gasteiger partial charge in [-0.05, 0) is 36.6 Å². The van der Waals surface area contributed by atoms with E-state index in [1.807, 2.05) is 41.3 Å². The van der Waals surface area contributed by atoms with Crippen molar-refractivity contribution in [2.75, 3.05) is 6.61 Å². The fourth-order valence-electron chi connectivity index (χ4n) is 2.79. The van der Waals surface area contributed by atoms with Crippen LogP contribution in [0.15, 0.2) is 48.8 Å². The van der Waals surface area contributed by atoms with Crippen LogP contribution in [-0.2, 0) is 11.3 Å². The topological polar surface area (TPSA) is 51.7 Å². The highest BCUT2D eigenvalue weighted by Crippen LogP contribution is 2.33. The fourth-order valence-corrected chi connectivity index (χ4v) is 2.79. The molecule has 118 valence electrons. The average Bonchev–Trinajstić information content (AvgIpc) is 3.44. The maximum absolute atomic E-state index is 12.9. The van der Waals surface area contributed by atoms with E-state index in [1.54, 1.807) is 12.4 Å². The third-order valence-electron chi connectivity index (χ3n) is 4.13. The number of para-hydroxylation sites is 2. The Hall–Kier alpha value is -2.56. The van der Waals surface area contributed by atoms with Gasteiger partial charge in [0.25, 0.3) is 5.91 Å². The van der Waals surface area contributed by atoms with Crippen molar-refractivity contribution in [2.24, 2.45) is 0 Å². The van der Waals surface area contributed by atoms with Crippen molar-refractivity contribution in [1.82, 2.24) is 9.88 Å². The minimum Gasteiger partial charge on any atom is -0.485 e. The molecule has 2 heterocycles. The van der Waals surface area contributed by atoms with E-state index in [2.05, 4.69) is 4.98 Å². The molecule has 5 heteroatoms. The molecule has 0 radical (unpaired) electrons. The van der Waals surface area contributed by atoms with E-state index < -0.39 is 6.10 Å². The van der Waals surface area contributed by atoms with Gasteiger partial charge in [0.1, 0.15) is 6.61 Å². The van der Waals surface area contributed by atoms with Crippen LogP contribution < -0.4 is 9.47 Å². The molecule has 2 aromatic rings. The summed E-state index contributed by atoms with van der Waals surface area (Å²) in [4.78, 5) is 18.9. The first-order valence-electron chi connectivity index (χ1n) is 7.89. The number of fused-ring (bicyclic) bond motifs is 1. The van der Waals surface area contributed by atoms with E-state index in [0.717, 1.165) is 18.4 Å². The number of hydrogen-bond acceptors (Lipinski definition) is 4. The lowest BCUT2D eigenvalue weighted by atomic mass is 10.2. The maximum atomic E-state index is 12.9. The molecule has 1 aromatic carbocycles. The van der Waals surface area contributed by atoms with Gasteiger partial charge < -0.3 is 14.4 Å². The Kier molecular flexibility index (Phi) is 3.61. The monoisotopic (exact) mass is 310 g/mol. The van der Waals surface area contributed by atoms with Gasteiger partial charge in [-0.25, -0.2) is 0 Å². The number of amides is 1. The zero-order chi connectivity index (χ0) is 15.6. The van der Waals surface area contributed by atoms with Crippen LogP contribution in [0, 0.1) is 0 Å². The van der Waals surface area contributed by atoms with Crippen LogP contribution in [0.3, 0.4) is 0 Å². The van der Waals surface area contributed by atoms with Gasteiger partial charge in [-0.3, -0.25) is 9.78 Å². The van der Waals surface area contributed by atoms with E-state index >= 15 is 0 Å². The number of pyridine rings is 1. The molecule has 0 bridgehead atoms. The largest absolute Gasteiger partial charge is 0.485 e. The SMILES string of the molecule is O=C(C1COc2ccccc2O1)N(Cc1cccnc1)C1CC1. The number of carbonyl (C=O) groups is 1. The second-order valence-corrected chi connectivity index (χ2v) is 5.92. The van der Waals surface area contributed by atoms with Crippen LogP contribution in [0.1, 0.15) is 18.4 Å². The van der Waals surface area contributed by atoms with Crippen LogP contribution in [0.4, 0.5) is 0 Å². The Balaban J connectivity index is 1.50. The zero-order valence-electron chi connectivity index (χ0n) is 12.7. The quantitative estimate of drug-likeness (QED) is 0.870. The Morgan fingerprint density at radius 1 is 1.17 bits per heavy atom.